The first-order valence-electron chi connectivity index (χ1n) is 7.02. The second-order valence-electron chi connectivity index (χ2n) is 5.74. The standard InChI is InChI=1S/C16H22N2O2/c1-11-12(2)20-15(16(11)19)10-18(3)9-14-6-4-5-13(7-14)8-17/h4-7,11-12,15-16,19H,9-10H2,1-3H3. The minimum atomic E-state index is -0.405. The van der Waals surface area contributed by atoms with Crippen LogP contribution in [0.25, 0.3) is 0 Å². The highest BCUT2D eigenvalue weighted by Crippen LogP contribution is 2.27. The smallest absolute Gasteiger partial charge is 0.0991 e. The molecule has 1 saturated heterocycles. The molecule has 108 valence electrons. The van der Waals surface area contributed by atoms with Gasteiger partial charge in [-0.15, -0.1) is 0 Å². The van der Waals surface area contributed by atoms with E-state index in [1.54, 1.807) is 6.07 Å². The van der Waals surface area contributed by atoms with Gasteiger partial charge in [0.1, 0.15) is 0 Å². The first-order chi connectivity index (χ1) is 9.51. The Morgan fingerprint density at radius 2 is 2.15 bits per heavy atom. The molecule has 0 bridgehead atoms. The summed E-state index contributed by atoms with van der Waals surface area (Å²) < 4.78 is 5.80. The molecule has 1 fully saturated rings. The Bertz CT molecular complexity index is 497. The van der Waals surface area contributed by atoms with Crippen molar-refractivity contribution in [3.63, 3.8) is 0 Å². The van der Waals surface area contributed by atoms with Crippen molar-refractivity contribution in [1.82, 2.24) is 4.90 Å². The maximum Gasteiger partial charge on any atom is 0.0991 e. The minimum absolute atomic E-state index is 0.102. The predicted octanol–water partition coefficient (Wildman–Crippen LogP) is 1.77. The van der Waals surface area contributed by atoms with Gasteiger partial charge in [0.25, 0.3) is 0 Å². The van der Waals surface area contributed by atoms with Crippen molar-refractivity contribution in [3.05, 3.63) is 35.4 Å². The van der Waals surface area contributed by atoms with Crippen LogP contribution in [0.4, 0.5) is 0 Å². The molecule has 0 spiro atoms. The highest BCUT2D eigenvalue weighted by Gasteiger charge is 2.38. The number of hydrogen-bond donors (Lipinski definition) is 1. The van der Waals surface area contributed by atoms with Crippen molar-refractivity contribution in [2.45, 2.75) is 38.7 Å². The first kappa shape index (κ1) is 15.0. The summed E-state index contributed by atoms with van der Waals surface area (Å²) in [4.78, 5) is 2.12. The minimum Gasteiger partial charge on any atom is -0.390 e. The first-order valence-corrected chi connectivity index (χ1v) is 7.02. The lowest BCUT2D eigenvalue weighted by Crippen LogP contribution is -2.36. The van der Waals surface area contributed by atoms with E-state index in [0.29, 0.717) is 12.1 Å². The lowest BCUT2D eigenvalue weighted by Gasteiger charge is -2.23. The Hall–Kier alpha value is -1.41. The van der Waals surface area contributed by atoms with E-state index in [1.807, 2.05) is 39.1 Å². The average Bonchev–Trinajstić information content (AvgIpc) is 2.66. The van der Waals surface area contributed by atoms with Gasteiger partial charge < -0.3 is 9.84 Å². The summed E-state index contributed by atoms with van der Waals surface area (Å²) in [5, 5.41) is 19.0. The largest absolute Gasteiger partial charge is 0.390 e. The lowest BCUT2D eigenvalue weighted by atomic mass is 9.99. The molecule has 1 aromatic carbocycles. The van der Waals surface area contributed by atoms with Gasteiger partial charge in [-0.05, 0) is 31.7 Å². The number of ether oxygens (including phenoxy) is 1. The Balaban J connectivity index is 1.93. The number of aliphatic hydroxyl groups excluding tert-OH is 1. The molecule has 0 radical (unpaired) electrons. The van der Waals surface area contributed by atoms with Gasteiger partial charge in [-0.2, -0.15) is 5.26 Å². The molecule has 1 aromatic rings. The monoisotopic (exact) mass is 274 g/mol. The molecule has 4 unspecified atom stereocenters. The molecule has 4 atom stereocenters. The van der Waals surface area contributed by atoms with E-state index in [9.17, 15) is 5.11 Å². The second-order valence-corrected chi connectivity index (χ2v) is 5.74. The molecule has 0 saturated carbocycles. The molecule has 4 nitrogen and oxygen atoms in total. The van der Waals surface area contributed by atoms with Gasteiger partial charge in [0, 0.05) is 19.0 Å². The fraction of sp³-hybridized carbons (Fsp3) is 0.562. The van der Waals surface area contributed by atoms with E-state index in [0.717, 1.165) is 12.1 Å². The van der Waals surface area contributed by atoms with E-state index in [-0.39, 0.29) is 18.1 Å². The molecule has 0 aliphatic carbocycles. The van der Waals surface area contributed by atoms with Gasteiger partial charge in [-0.3, -0.25) is 4.90 Å². The predicted molar refractivity (Wildman–Crippen MR) is 77.0 cm³/mol. The fourth-order valence-electron chi connectivity index (χ4n) is 2.67. The number of nitrogens with zero attached hydrogens (tertiary/aromatic N) is 2. The molecule has 1 N–H and O–H groups in total. The van der Waals surface area contributed by atoms with E-state index in [4.69, 9.17) is 10.00 Å². The van der Waals surface area contributed by atoms with Crippen molar-refractivity contribution in [2.75, 3.05) is 13.6 Å². The third-order valence-corrected chi connectivity index (χ3v) is 4.05. The van der Waals surface area contributed by atoms with Crippen LogP contribution in [0.3, 0.4) is 0 Å². The average molecular weight is 274 g/mol. The van der Waals surface area contributed by atoms with Crippen LogP contribution in [-0.4, -0.2) is 41.9 Å². The van der Waals surface area contributed by atoms with Gasteiger partial charge in [0.2, 0.25) is 0 Å². The van der Waals surface area contributed by atoms with Crippen molar-refractivity contribution in [2.24, 2.45) is 5.92 Å². The maximum atomic E-state index is 10.1. The molecule has 1 aliphatic heterocycles. The van der Waals surface area contributed by atoms with E-state index in [1.165, 1.54) is 0 Å². The molecule has 0 amide bonds. The molecular weight excluding hydrogens is 252 g/mol. The van der Waals surface area contributed by atoms with Gasteiger partial charge in [-0.1, -0.05) is 19.1 Å². The molecule has 1 heterocycles. The Morgan fingerprint density at radius 1 is 1.40 bits per heavy atom. The normalized spacial score (nSPS) is 29.6. The summed E-state index contributed by atoms with van der Waals surface area (Å²) in [7, 11) is 2.00. The van der Waals surface area contributed by atoms with E-state index in [2.05, 4.69) is 11.0 Å². The zero-order chi connectivity index (χ0) is 14.7. The number of benzene rings is 1. The molecule has 0 aromatic heterocycles. The van der Waals surface area contributed by atoms with Crippen molar-refractivity contribution in [3.8, 4) is 6.07 Å². The van der Waals surface area contributed by atoms with E-state index < -0.39 is 6.10 Å². The summed E-state index contributed by atoms with van der Waals surface area (Å²) >= 11 is 0. The quantitative estimate of drug-likeness (QED) is 0.909. The van der Waals surface area contributed by atoms with Crippen molar-refractivity contribution in [1.29, 1.82) is 5.26 Å². The highest BCUT2D eigenvalue weighted by molar-refractivity contribution is 5.32. The van der Waals surface area contributed by atoms with Crippen LogP contribution in [-0.2, 0) is 11.3 Å². The van der Waals surface area contributed by atoms with Crippen LogP contribution in [0.15, 0.2) is 24.3 Å². The topological polar surface area (TPSA) is 56.5 Å². The summed E-state index contributed by atoms with van der Waals surface area (Å²) in [6.07, 6.45) is -0.438. The second kappa shape index (κ2) is 6.36. The highest BCUT2D eigenvalue weighted by atomic mass is 16.5. The van der Waals surface area contributed by atoms with Crippen LogP contribution in [0.5, 0.6) is 0 Å². The summed E-state index contributed by atoms with van der Waals surface area (Å²) in [5.74, 6) is 0.176. The van der Waals surface area contributed by atoms with Gasteiger partial charge in [0.15, 0.2) is 0 Å². The van der Waals surface area contributed by atoms with Crippen LogP contribution in [0.2, 0.25) is 0 Å². The number of rotatable bonds is 4. The summed E-state index contributed by atoms with van der Waals surface area (Å²) in [6.45, 7) is 5.45. The number of hydrogen-bond acceptors (Lipinski definition) is 4. The molecule has 2 rings (SSSR count). The third kappa shape index (κ3) is 3.37. The zero-order valence-corrected chi connectivity index (χ0v) is 12.3. The lowest BCUT2D eigenvalue weighted by molar-refractivity contribution is -0.00249. The number of aliphatic hydroxyl groups is 1. The van der Waals surface area contributed by atoms with Crippen molar-refractivity contribution >= 4 is 0 Å². The van der Waals surface area contributed by atoms with Crippen LogP contribution in [0.1, 0.15) is 25.0 Å². The van der Waals surface area contributed by atoms with Crippen LogP contribution >= 0.6 is 0 Å². The molecular formula is C16H22N2O2. The third-order valence-electron chi connectivity index (χ3n) is 4.05. The Labute approximate surface area is 120 Å². The Morgan fingerprint density at radius 3 is 2.75 bits per heavy atom. The van der Waals surface area contributed by atoms with Crippen molar-refractivity contribution < 1.29 is 9.84 Å². The summed E-state index contributed by atoms with van der Waals surface area (Å²) in [6, 6.07) is 9.75. The number of nitriles is 1. The zero-order valence-electron chi connectivity index (χ0n) is 12.3. The van der Waals surface area contributed by atoms with Crippen LogP contribution < -0.4 is 0 Å². The van der Waals surface area contributed by atoms with Gasteiger partial charge >= 0.3 is 0 Å². The van der Waals surface area contributed by atoms with Gasteiger partial charge in [0.05, 0.1) is 29.9 Å². The SMILES string of the molecule is CC1OC(CN(C)Cc2cccc(C#N)c2)C(O)C1C. The van der Waals surface area contributed by atoms with Crippen LogP contribution in [0, 0.1) is 17.2 Å². The van der Waals surface area contributed by atoms with E-state index >= 15 is 0 Å². The summed E-state index contributed by atoms with van der Waals surface area (Å²) in [5.41, 5.74) is 1.77. The molecule has 1 aliphatic rings. The molecule has 20 heavy (non-hydrogen) atoms. The number of likely N-dealkylation sites (N-methyl/N-ethyl adjacent to an activating group) is 1. The van der Waals surface area contributed by atoms with Gasteiger partial charge in [-0.25, -0.2) is 0 Å². The maximum absolute atomic E-state index is 10.1. The fourth-order valence-corrected chi connectivity index (χ4v) is 2.67. The molecule has 4 heteroatoms. The Kier molecular flexibility index (Phi) is 4.77.